The first kappa shape index (κ1) is 13.2. The molecule has 1 aromatic rings. The van der Waals surface area contributed by atoms with E-state index in [1.165, 1.54) is 0 Å². The van der Waals surface area contributed by atoms with Gasteiger partial charge in [0.1, 0.15) is 5.75 Å². The van der Waals surface area contributed by atoms with Gasteiger partial charge in [-0.1, -0.05) is 6.92 Å². The van der Waals surface area contributed by atoms with Crippen LogP contribution in [0.25, 0.3) is 0 Å². The summed E-state index contributed by atoms with van der Waals surface area (Å²) in [5.41, 5.74) is 13.8. The van der Waals surface area contributed by atoms with Crippen LogP contribution in [0.2, 0.25) is 0 Å². The second-order valence-corrected chi connectivity index (χ2v) is 5.89. The first-order valence-corrected chi connectivity index (χ1v) is 6.66. The van der Waals surface area contributed by atoms with Crippen molar-refractivity contribution in [2.24, 2.45) is 11.5 Å². The van der Waals surface area contributed by atoms with Crippen molar-refractivity contribution in [2.45, 2.75) is 24.5 Å². The Kier molecular flexibility index (Phi) is 2.55. The predicted molar refractivity (Wildman–Crippen MR) is 76.6 cm³/mol. The number of ether oxygens (including phenoxy) is 1. The average molecular weight is 276 g/mol. The molecule has 0 bridgehead atoms. The molecule has 0 aromatic heterocycles. The van der Waals surface area contributed by atoms with Crippen molar-refractivity contribution in [3.63, 3.8) is 0 Å². The van der Waals surface area contributed by atoms with Gasteiger partial charge >= 0.3 is 6.09 Å². The molecule has 0 saturated carbocycles. The number of anilines is 1. The molecule has 2 heterocycles. The number of hydrogen-bond acceptors (Lipinski definition) is 5. The Morgan fingerprint density at radius 3 is 2.75 bits per heavy atom. The van der Waals surface area contributed by atoms with E-state index < -0.39 is 11.9 Å². The number of benzene rings is 1. The maximum absolute atomic E-state index is 10.9. The summed E-state index contributed by atoms with van der Waals surface area (Å²) < 4.78 is 4.99. The number of fused-ring (bicyclic) bond motifs is 3. The van der Waals surface area contributed by atoms with Gasteiger partial charge in [0.15, 0.2) is 5.79 Å². The van der Waals surface area contributed by atoms with Crippen molar-refractivity contribution < 1.29 is 9.53 Å². The topological polar surface area (TPSA) is 84.8 Å². The number of hydrogen-bond donors (Lipinski definition) is 2. The summed E-state index contributed by atoms with van der Waals surface area (Å²) >= 11 is 0. The number of rotatable bonds is 1. The number of nitrogens with two attached hydrogens (primary N) is 2. The molecule has 1 amide bonds. The Bertz CT molecular complexity index is 591. The van der Waals surface area contributed by atoms with Crippen LogP contribution < -0.4 is 21.1 Å². The van der Waals surface area contributed by atoms with E-state index >= 15 is 0 Å². The van der Waals surface area contributed by atoms with Crippen molar-refractivity contribution in [3.8, 4) is 5.75 Å². The van der Waals surface area contributed by atoms with E-state index in [9.17, 15) is 4.79 Å². The second kappa shape index (κ2) is 3.86. The fourth-order valence-corrected chi connectivity index (χ4v) is 3.74. The van der Waals surface area contributed by atoms with Gasteiger partial charge in [-0.15, -0.1) is 0 Å². The zero-order chi connectivity index (χ0) is 14.7. The first-order valence-electron chi connectivity index (χ1n) is 6.66. The molecule has 1 unspecified atom stereocenters. The molecule has 20 heavy (non-hydrogen) atoms. The molecule has 1 aromatic carbocycles. The van der Waals surface area contributed by atoms with E-state index in [1.54, 1.807) is 6.07 Å². The highest BCUT2D eigenvalue weighted by molar-refractivity contribution is 5.71. The molecule has 6 nitrogen and oxygen atoms in total. The summed E-state index contributed by atoms with van der Waals surface area (Å²) in [4.78, 5) is 15.2. The monoisotopic (exact) mass is 276 g/mol. The number of amides is 1. The zero-order valence-electron chi connectivity index (χ0n) is 12.0. The molecule has 108 valence electrons. The van der Waals surface area contributed by atoms with E-state index in [1.807, 2.05) is 26.2 Å². The molecule has 1 saturated heterocycles. The molecule has 0 aliphatic carbocycles. The van der Waals surface area contributed by atoms with Crippen LogP contribution >= 0.6 is 0 Å². The molecule has 2 aliphatic heterocycles. The van der Waals surface area contributed by atoms with E-state index in [0.717, 1.165) is 24.2 Å². The lowest BCUT2D eigenvalue weighted by Gasteiger charge is -2.43. The van der Waals surface area contributed by atoms with Gasteiger partial charge in [0.2, 0.25) is 0 Å². The number of carbonyl (C=O) groups is 1. The van der Waals surface area contributed by atoms with E-state index in [-0.39, 0.29) is 5.41 Å². The molecule has 6 heteroatoms. The summed E-state index contributed by atoms with van der Waals surface area (Å²) in [5, 5.41) is 0. The smallest absolute Gasteiger partial charge is 0.409 e. The fourth-order valence-electron chi connectivity index (χ4n) is 3.74. The number of primary amides is 1. The van der Waals surface area contributed by atoms with Gasteiger partial charge in [-0.3, -0.25) is 10.6 Å². The normalized spacial score (nSPS) is 32.1. The van der Waals surface area contributed by atoms with Crippen molar-refractivity contribution in [1.29, 1.82) is 0 Å². The van der Waals surface area contributed by atoms with Crippen LogP contribution in [0.3, 0.4) is 0 Å². The van der Waals surface area contributed by atoms with Gasteiger partial charge in [0.25, 0.3) is 0 Å². The minimum absolute atomic E-state index is 0.206. The Morgan fingerprint density at radius 2 is 2.10 bits per heavy atom. The number of likely N-dealkylation sites (tertiary alicyclic amines) is 1. The third kappa shape index (κ3) is 1.38. The summed E-state index contributed by atoms with van der Waals surface area (Å²) in [6.45, 7) is 3.09. The van der Waals surface area contributed by atoms with Crippen molar-refractivity contribution in [3.05, 3.63) is 23.8 Å². The molecule has 2 atom stereocenters. The van der Waals surface area contributed by atoms with E-state index in [0.29, 0.717) is 5.75 Å². The summed E-state index contributed by atoms with van der Waals surface area (Å²) in [6.07, 6.45) is 0.154. The standard InChI is InChI=1S/C14H20N4O2/c1-13-6-7-17(2)14(13,16)18(3)11-5-4-9(8-10(11)13)20-12(15)19/h4-5,8H,6-7,16H2,1-3H3,(H2,15,19)/t13?,14-/m0/s1. The summed E-state index contributed by atoms with van der Waals surface area (Å²) in [7, 11) is 4.04. The highest BCUT2D eigenvalue weighted by atomic mass is 16.5. The molecular formula is C14H20N4O2. The van der Waals surface area contributed by atoms with Crippen LogP contribution in [-0.2, 0) is 5.41 Å². The fraction of sp³-hybridized carbons (Fsp3) is 0.500. The van der Waals surface area contributed by atoms with Crippen LogP contribution in [0.15, 0.2) is 18.2 Å². The maximum Gasteiger partial charge on any atom is 0.409 e. The third-order valence-electron chi connectivity index (χ3n) is 4.99. The van der Waals surface area contributed by atoms with Gasteiger partial charge in [-0.05, 0) is 37.2 Å². The summed E-state index contributed by atoms with van der Waals surface area (Å²) in [6, 6.07) is 5.55. The molecule has 2 aliphatic rings. The minimum atomic E-state index is -0.802. The molecule has 0 spiro atoms. The van der Waals surface area contributed by atoms with Gasteiger partial charge in [0.05, 0.1) is 0 Å². The number of carbonyl (C=O) groups excluding carboxylic acids is 1. The number of nitrogens with zero attached hydrogens (tertiary/aromatic N) is 2. The Labute approximate surface area is 118 Å². The zero-order valence-corrected chi connectivity index (χ0v) is 12.0. The highest BCUT2D eigenvalue weighted by Crippen LogP contribution is 2.55. The highest BCUT2D eigenvalue weighted by Gasteiger charge is 2.61. The Balaban J connectivity index is 2.13. The summed E-state index contributed by atoms with van der Waals surface area (Å²) in [5.74, 6) is -0.0922. The molecule has 3 rings (SSSR count). The maximum atomic E-state index is 10.9. The largest absolute Gasteiger partial charge is 0.410 e. The van der Waals surface area contributed by atoms with Crippen LogP contribution in [0.4, 0.5) is 10.5 Å². The number of likely N-dealkylation sites (N-methyl/N-ethyl adjacent to an activating group) is 2. The Hall–Kier alpha value is -1.79. The average Bonchev–Trinajstić information content (AvgIpc) is 2.72. The predicted octanol–water partition coefficient (Wildman–Crippen LogP) is 0.800. The first-order chi connectivity index (χ1) is 9.30. The lowest BCUT2D eigenvalue weighted by atomic mass is 9.78. The molecule has 0 radical (unpaired) electrons. The second-order valence-electron chi connectivity index (χ2n) is 5.89. The van der Waals surface area contributed by atoms with Crippen molar-refractivity contribution >= 4 is 11.8 Å². The van der Waals surface area contributed by atoms with Crippen molar-refractivity contribution in [2.75, 3.05) is 25.5 Å². The minimum Gasteiger partial charge on any atom is -0.410 e. The van der Waals surface area contributed by atoms with Gasteiger partial charge < -0.3 is 15.4 Å². The molecule has 4 N–H and O–H groups in total. The third-order valence-corrected chi connectivity index (χ3v) is 4.99. The van der Waals surface area contributed by atoms with Crippen LogP contribution in [0.1, 0.15) is 18.9 Å². The van der Waals surface area contributed by atoms with Crippen LogP contribution in [0, 0.1) is 0 Å². The lowest BCUT2D eigenvalue weighted by Crippen LogP contribution is -2.67. The van der Waals surface area contributed by atoms with Crippen molar-refractivity contribution in [1.82, 2.24) is 4.90 Å². The van der Waals surface area contributed by atoms with Gasteiger partial charge in [-0.2, -0.15) is 0 Å². The van der Waals surface area contributed by atoms with Crippen LogP contribution in [0.5, 0.6) is 5.75 Å². The molecular weight excluding hydrogens is 256 g/mol. The van der Waals surface area contributed by atoms with E-state index in [4.69, 9.17) is 16.2 Å². The van der Waals surface area contributed by atoms with Crippen LogP contribution in [-0.4, -0.2) is 37.4 Å². The van der Waals surface area contributed by atoms with E-state index in [2.05, 4.69) is 16.7 Å². The van der Waals surface area contributed by atoms with Gasteiger partial charge in [0, 0.05) is 24.7 Å². The van der Waals surface area contributed by atoms with Gasteiger partial charge in [-0.25, -0.2) is 4.79 Å². The molecule has 1 fully saturated rings. The quantitative estimate of drug-likeness (QED) is 0.792. The Morgan fingerprint density at radius 1 is 1.40 bits per heavy atom. The lowest BCUT2D eigenvalue weighted by molar-refractivity contribution is 0.134. The SMILES string of the molecule is CN1CCC2(C)c3cc(OC(N)=O)ccc3N(C)[C@@]12N.